The summed E-state index contributed by atoms with van der Waals surface area (Å²) in [6, 6.07) is 7.74. The maximum atomic E-state index is 5.27. The van der Waals surface area contributed by atoms with Gasteiger partial charge in [0.15, 0.2) is 23.2 Å². The molecule has 0 saturated heterocycles. The van der Waals surface area contributed by atoms with Crippen LogP contribution in [0.3, 0.4) is 0 Å². The molecule has 0 bridgehead atoms. The summed E-state index contributed by atoms with van der Waals surface area (Å²) < 4.78 is 7.20. The number of hydrogen-bond acceptors (Lipinski definition) is 5. The van der Waals surface area contributed by atoms with Crippen LogP contribution in [0.4, 0.5) is 0 Å². The van der Waals surface area contributed by atoms with Gasteiger partial charge >= 0.3 is 0 Å². The molecule has 0 fully saturated rings. The van der Waals surface area contributed by atoms with Gasteiger partial charge in [0.25, 0.3) is 0 Å². The fourth-order valence-corrected chi connectivity index (χ4v) is 2.27. The van der Waals surface area contributed by atoms with Gasteiger partial charge in [0.1, 0.15) is 6.54 Å². The molecular weight excluding hydrogens is 433 g/mol. The summed E-state index contributed by atoms with van der Waals surface area (Å²) in [5, 5.41) is 18.7. The zero-order chi connectivity index (χ0) is 16.8. The lowest BCUT2D eigenvalue weighted by Crippen LogP contribution is -2.36. The number of nitrogens with one attached hydrogen (secondary N) is 2. The Balaban J connectivity index is 0.00000225. The Morgan fingerprint density at radius 3 is 2.88 bits per heavy atom. The minimum Gasteiger partial charge on any atom is -0.359 e. The second-order valence-electron chi connectivity index (χ2n) is 5.23. The van der Waals surface area contributed by atoms with E-state index < -0.39 is 0 Å². The van der Waals surface area contributed by atoms with Crippen molar-refractivity contribution < 1.29 is 4.52 Å². The van der Waals surface area contributed by atoms with Gasteiger partial charge in [-0.05, 0) is 25.5 Å². The molecule has 0 radical (unpaired) electrons. The minimum atomic E-state index is 0. The topological polar surface area (TPSA) is 92.6 Å². The molecule has 0 amide bonds. The number of guanidine groups is 1. The lowest BCUT2D eigenvalue weighted by Gasteiger charge is -2.09. The number of aryl methyl sites for hydroxylation is 1. The van der Waals surface area contributed by atoms with Gasteiger partial charge in [-0.3, -0.25) is 4.40 Å². The van der Waals surface area contributed by atoms with E-state index in [0.717, 1.165) is 35.9 Å². The van der Waals surface area contributed by atoms with Crippen LogP contribution in [0.2, 0.25) is 0 Å². The molecule has 3 heterocycles. The maximum Gasteiger partial charge on any atom is 0.192 e. The second-order valence-corrected chi connectivity index (χ2v) is 5.23. The highest BCUT2D eigenvalue weighted by Crippen LogP contribution is 2.05. The fraction of sp³-hybridized carbons (Fsp3) is 0.375. The van der Waals surface area contributed by atoms with Crippen molar-refractivity contribution >= 4 is 35.6 Å². The summed E-state index contributed by atoms with van der Waals surface area (Å²) in [7, 11) is 0. The highest BCUT2D eigenvalue weighted by molar-refractivity contribution is 14.0. The third-order valence-electron chi connectivity index (χ3n) is 3.51. The van der Waals surface area contributed by atoms with Crippen molar-refractivity contribution in [3.05, 3.63) is 47.7 Å². The number of nitrogens with zero attached hydrogens (tertiary/aromatic N) is 5. The van der Waals surface area contributed by atoms with Gasteiger partial charge in [-0.1, -0.05) is 18.1 Å². The van der Waals surface area contributed by atoms with Crippen LogP contribution >= 0.6 is 24.0 Å². The summed E-state index contributed by atoms with van der Waals surface area (Å²) in [4.78, 5) is 4.56. The Labute approximate surface area is 163 Å². The van der Waals surface area contributed by atoms with E-state index in [1.54, 1.807) is 0 Å². The van der Waals surface area contributed by atoms with Gasteiger partial charge in [0.05, 0.1) is 12.2 Å². The van der Waals surface area contributed by atoms with Crippen LogP contribution in [0.1, 0.15) is 31.1 Å². The van der Waals surface area contributed by atoms with Gasteiger partial charge in [0, 0.05) is 18.8 Å². The average Bonchev–Trinajstić information content (AvgIpc) is 3.24. The third kappa shape index (κ3) is 4.91. The van der Waals surface area contributed by atoms with Gasteiger partial charge in [-0.2, -0.15) is 0 Å². The van der Waals surface area contributed by atoms with E-state index >= 15 is 0 Å². The van der Waals surface area contributed by atoms with Crippen LogP contribution in [-0.4, -0.2) is 32.3 Å². The Hall–Kier alpha value is -2.17. The first-order valence-electron chi connectivity index (χ1n) is 8.05. The molecule has 25 heavy (non-hydrogen) atoms. The molecule has 3 aromatic rings. The first-order chi connectivity index (χ1) is 11.8. The summed E-state index contributed by atoms with van der Waals surface area (Å²) in [5.41, 5.74) is 1.76. The zero-order valence-corrected chi connectivity index (χ0v) is 16.6. The standard InChI is InChI=1S/C16H21N7O.HI/c1-3-12-9-13(24-22-12)10-18-16(17-4-2)19-11-15-21-20-14-7-5-6-8-23(14)15;/h5-9H,3-4,10-11H2,1-2H3,(H2,17,18,19);1H. The van der Waals surface area contributed by atoms with Crippen molar-refractivity contribution in [2.45, 2.75) is 33.4 Å². The van der Waals surface area contributed by atoms with Crippen molar-refractivity contribution in [3.63, 3.8) is 0 Å². The Bertz CT molecular complexity index is 827. The van der Waals surface area contributed by atoms with Gasteiger partial charge in [-0.15, -0.1) is 34.2 Å². The number of fused-ring (bicyclic) bond motifs is 1. The van der Waals surface area contributed by atoms with E-state index in [1.807, 2.05) is 48.7 Å². The second kappa shape index (κ2) is 9.35. The van der Waals surface area contributed by atoms with Gasteiger partial charge in [-0.25, -0.2) is 4.99 Å². The first-order valence-corrected chi connectivity index (χ1v) is 8.05. The highest BCUT2D eigenvalue weighted by Gasteiger charge is 2.06. The first kappa shape index (κ1) is 19.2. The third-order valence-corrected chi connectivity index (χ3v) is 3.51. The van der Waals surface area contributed by atoms with Crippen molar-refractivity contribution in [2.24, 2.45) is 4.99 Å². The van der Waals surface area contributed by atoms with Crippen LogP contribution < -0.4 is 10.6 Å². The lowest BCUT2D eigenvalue weighted by molar-refractivity contribution is 0.374. The van der Waals surface area contributed by atoms with Crippen molar-refractivity contribution in [3.8, 4) is 0 Å². The zero-order valence-electron chi connectivity index (χ0n) is 14.3. The molecule has 0 aromatic carbocycles. The smallest absolute Gasteiger partial charge is 0.192 e. The van der Waals surface area contributed by atoms with Crippen LogP contribution in [-0.2, 0) is 19.5 Å². The van der Waals surface area contributed by atoms with Gasteiger partial charge < -0.3 is 15.2 Å². The number of pyridine rings is 1. The van der Waals surface area contributed by atoms with Crippen molar-refractivity contribution in [2.75, 3.05) is 6.54 Å². The number of halogens is 1. The SMILES string of the molecule is CCNC(=NCc1nnc2ccccn12)NCc1cc(CC)no1.I. The molecule has 3 aromatic heterocycles. The normalized spacial score (nSPS) is 11.4. The average molecular weight is 455 g/mol. The maximum absolute atomic E-state index is 5.27. The summed E-state index contributed by atoms with van der Waals surface area (Å²) in [6.07, 6.45) is 2.79. The Morgan fingerprint density at radius 2 is 2.12 bits per heavy atom. The molecule has 134 valence electrons. The highest BCUT2D eigenvalue weighted by atomic mass is 127. The molecule has 3 rings (SSSR count). The predicted molar refractivity (Wildman–Crippen MR) is 106 cm³/mol. The van der Waals surface area contributed by atoms with Crippen LogP contribution in [0.25, 0.3) is 5.65 Å². The Morgan fingerprint density at radius 1 is 1.24 bits per heavy atom. The molecule has 0 saturated carbocycles. The van der Waals surface area contributed by atoms with Gasteiger partial charge in [0.2, 0.25) is 0 Å². The molecule has 0 unspecified atom stereocenters. The summed E-state index contributed by atoms with van der Waals surface area (Å²) in [6.45, 7) is 5.79. The van der Waals surface area contributed by atoms with E-state index in [4.69, 9.17) is 4.52 Å². The Kier molecular flexibility index (Phi) is 7.16. The number of aromatic nitrogens is 4. The molecular formula is C16H22IN7O. The summed E-state index contributed by atoms with van der Waals surface area (Å²) >= 11 is 0. The lowest BCUT2D eigenvalue weighted by atomic mass is 10.3. The molecule has 8 nitrogen and oxygen atoms in total. The van der Waals surface area contributed by atoms with Crippen LogP contribution in [0.5, 0.6) is 0 Å². The number of rotatable bonds is 6. The number of hydrogen-bond donors (Lipinski definition) is 2. The molecule has 9 heteroatoms. The molecule has 0 aliphatic carbocycles. The minimum absolute atomic E-state index is 0. The van der Waals surface area contributed by atoms with E-state index in [-0.39, 0.29) is 24.0 Å². The molecule has 2 N–H and O–H groups in total. The molecule has 0 atom stereocenters. The van der Waals surface area contributed by atoms with E-state index in [0.29, 0.717) is 19.0 Å². The fourth-order valence-electron chi connectivity index (χ4n) is 2.27. The molecule has 0 aliphatic heterocycles. The van der Waals surface area contributed by atoms with Crippen molar-refractivity contribution in [1.82, 2.24) is 30.4 Å². The van der Waals surface area contributed by atoms with E-state index in [9.17, 15) is 0 Å². The molecule has 0 aliphatic rings. The summed E-state index contributed by atoms with van der Waals surface area (Å²) in [5.74, 6) is 2.26. The van der Waals surface area contributed by atoms with E-state index in [1.165, 1.54) is 0 Å². The quantitative estimate of drug-likeness (QED) is 0.336. The monoisotopic (exact) mass is 455 g/mol. The number of aliphatic imine (C=N–C) groups is 1. The van der Waals surface area contributed by atoms with Crippen molar-refractivity contribution in [1.29, 1.82) is 0 Å². The van der Waals surface area contributed by atoms with Crippen LogP contribution in [0, 0.1) is 0 Å². The molecule has 0 spiro atoms. The predicted octanol–water partition coefficient (Wildman–Crippen LogP) is 2.15. The van der Waals surface area contributed by atoms with Crippen LogP contribution in [0.15, 0.2) is 40.0 Å². The largest absolute Gasteiger partial charge is 0.359 e. The van der Waals surface area contributed by atoms with E-state index in [2.05, 4.69) is 31.0 Å².